The highest BCUT2D eigenvalue weighted by molar-refractivity contribution is 5.74. The summed E-state index contributed by atoms with van der Waals surface area (Å²) in [5, 5.41) is 0. The van der Waals surface area contributed by atoms with Crippen LogP contribution in [0, 0.1) is 0 Å². The van der Waals surface area contributed by atoms with Gasteiger partial charge in [-0.05, 0) is 29.3 Å². The maximum atomic E-state index is 13.1. The minimum absolute atomic E-state index is 0.167. The minimum atomic E-state index is -4.48. The predicted molar refractivity (Wildman–Crippen MR) is 123 cm³/mol. The maximum absolute atomic E-state index is 13.1. The van der Waals surface area contributed by atoms with E-state index in [4.69, 9.17) is 14.2 Å². The van der Waals surface area contributed by atoms with Gasteiger partial charge in [0.15, 0.2) is 0 Å². The van der Waals surface area contributed by atoms with E-state index in [1.807, 2.05) is 12.1 Å². The lowest BCUT2D eigenvalue weighted by Crippen LogP contribution is -2.02. The first kappa shape index (κ1) is 23.9. The van der Waals surface area contributed by atoms with Crippen LogP contribution < -0.4 is 14.2 Å². The number of alkyl halides is 3. The summed E-state index contributed by atoms with van der Waals surface area (Å²) in [6.45, 7) is 0.352. The number of aromatic nitrogens is 2. The first-order chi connectivity index (χ1) is 16.9. The zero-order valence-corrected chi connectivity index (χ0v) is 18.6. The molecule has 35 heavy (non-hydrogen) atoms. The molecule has 0 radical (unpaired) electrons. The fraction of sp³-hybridized carbons (Fsp3) is 0.154. The van der Waals surface area contributed by atoms with Crippen LogP contribution in [-0.4, -0.2) is 23.4 Å². The van der Waals surface area contributed by atoms with Gasteiger partial charge in [0.2, 0.25) is 5.88 Å². The van der Waals surface area contributed by atoms with Gasteiger partial charge >= 0.3 is 6.18 Å². The number of ether oxygens (including phenoxy) is 3. The molecule has 0 atom stereocenters. The number of halogens is 3. The van der Waals surface area contributed by atoms with Crippen molar-refractivity contribution in [3.8, 4) is 28.6 Å². The zero-order valence-electron chi connectivity index (χ0n) is 18.6. The Morgan fingerprint density at radius 3 is 2.20 bits per heavy atom. The van der Waals surface area contributed by atoms with Crippen molar-refractivity contribution in [2.75, 3.05) is 7.11 Å². The van der Waals surface area contributed by atoms with E-state index in [1.165, 1.54) is 12.3 Å². The third-order valence-corrected chi connectivity index (χ3v) is 5.20. The molecule has 0 bridgehead atoms. The molecule has 2 aromatic heterocycles. The highest BCUT2D eigenvalue weighted by Gasteiger charge is 2.32. The Morgan fingerprint density at radius 1 is 0.943 bits per heavy atom. The molecule has 0 unspecified atom stereocenters. The van der Waals surface area contributed by atoms with Crippen LogP contribution >= 0.6 is 0 Å². The summed E-state index contributed by atoms with van der Waals surface area (Å²) in [4.78, 5) is 17.7. The Bertz CT molecular complexity index is 1280. The van der Waals surface area contributed by atoms with Crippen molar-refractivity contribution in [1.82, 2.24) is 9.97 Å². The summed E-state index contributed by atoms with van der Waals surface area (Å²) >= 11 is 0. The highest BCUT2D eigenvalue weighted by atomic mass is 19.4. The van der Waals surface area contributed by atoms with E-state index in [2.05, 4.69) is 9.97 Å². The van der Waals surface area contributed by atoms with Gasteiger partial charge in [-0.25, -0.2) is 4.98 Å². The van der Waals surface area contributed by atoms with Gasteiger partial charge in [0.25, 0.3) is 0 Å². The second kappa shape index (κ2) is 10.3. The molecule has 1 N–H and O–H groups in total. The smallest absolute Gasteiger partial charge is 0.417 e. The van der Waals surface area contributed by atoms with Gasteiger partial charge in [-0.1, -0.05) is 36.4 Å². The van der Waals surface area contributed by atoms with Crippen molar-refractivity contribution in [3.05, 3.63) is 95.3 Å². The first-order valence-electron chi connectivity index (χ1n) is 10.5. The highest BCUT2D eigenvalue weighted by Crippen LogP contribution is 2.36. The number of benzene rings is 2. The largest absolute Gasteiger partial charge is 0.497 e. The molecule has 2 aromatic carbocycles. The number of hydrogen-bond donors (Lipinski definition) is 1. The number of H-pyrrole nitrogens is 1. The number of methoxy groups -OCH3 is 1. The van der Waals surface area contributed by atoms with Gasteiger partial charge in [0.05, 0.1) is 23.9 Å². The average Bonchev–Trinajstić information content (AvgIpc) is 3.38. The molecular weight excluding hydrogens is 461 g/mol. The van der Waals surface area contributed by atoms with Crippen molar-refractivity contribution >= 4 is 6.29 Å². The molecule has 180 valence electrons. The number of hydrogen-bond acceptors (Lipinski definition) is 5. The van der Waals surface area contributed by atoms with Gasteiger partial charge in [0, 0.05) is 24.0 Å². The van der Waals surface area contributed by atoms with Crippen LogP contribution in [0.15, 0.2) is 73.1 Å². The average molecular weight is 482 g/mol. The lowest BCUT2D eigenvalue weighted by atomic mass is 10.1. The van der Waals surface area contributed by atoms with Crippen LogP contribution in [-0.2, 0) is 19.4 Å². The third kappa shape index (κ3) is 6.00. The van der Waals surface area contributed by atoms with Crippen LogP contribution in [0.2, 0.25) is 0 Å². The van der Waals surface area contributed by atoms with Crippen molar-refractivity contribution in [2.24, 2.45) is 0 Å². The summed E-state index contributed by atoms with van der Waals surface area (Å²) in [7, 11) is 1.57. The van der Waals surface area contributed by atoms with Crippen molar-refractivity contribution in [3.63, 3.8) is 0 Å². The molecule has 4 aromatic rings. The van der Waals surface area contributed by atoms with E-state index in [1.54, 1.807) is 43.5 Å². The first-order valence-corrected chi connectivity index (χ1v) is 10.5. The molecule has 0 aliphatic carbocycles. The summed E-state index contributed by atoms with van der Waals surface area (Å²) < 4.78 is 56.2. The number of aromatic amines is 1. The van der Waals surface area contributed by atoms with Gasteiger partial charge in [0.1, 0.15) is 31.0 Å². The van der Waals surface area contributed by atoms with E-state index < -0.39 is 11.7 Å². The second-order valence-electron chi connectivity index (χ2n) is 7.60. The van der Waals surface area contributed by atoms with Gasteiger partial charge in [-0.15, -0.1) is 0 Å². The van der Waals surface area contributed by atoms with Crippen molar-refractivity contribution in [2.45, 2.75) is 19.4 Å². The van der Waals surface area contributed by atoms with Crippen molar-refractivity contribution in [1.29, 1.82) is 0 Å². The van der Waals surface area contributed by atoms with Crippen LogP contribution in [0.25, 0.3) is 11.3 Å². The molecule has 0 fully saturated rings. The van der Waals surface area contributed by atoms with Crippen molar-refractivity contribution < 1.29 is 32.2 Å². The molecule has 0 aliphatic heterocycles. The molecule has 0 amide bonds. The molecule has 0 spiro atoms. The quantitative estimate of drug-likeness (QED) is 0.293. The molecule has 6 nitrogen and oxygen atoms in total. The van der Waals surface area contributed by atoms with Crippen LogP contribution in [0.3, 0.4) is 0 Å². The minimum Gasteiger partial charge on any atom is -0.497 e. The normalized spacial score (nSPS) is 11.2. The Hall–Kier alpha value is -4.27. The van der Waals surface area contributed by atoms with E-state index >= 15 is 0 Å². The third-order valence-electron chi connectivity index (χ3n) is 5.20. The number of nitrogens with one attached hydrogen (secondary N) is 1. The fourth-order valence-corrected chi connectivity index (χ4v) is 3.27. The molecule has 0 saturated heterocycles. The summed E-state index contributed by atoms with van der Waals surface area (Å²) in [6, 6.07) is 16.7. The number of carbonyl (C=O) groups is 1. The molecule has 0 aliphatic rings. The number of nitrogens with zero attached hydrogens (tertiary/aromatic N) is 1. The number of carbonyl (C=O) groups excluding carboxylic acids is 1. The van der Waals surface area contributed by atoms with E-state index in [0.29, 0.717) is 22.6 Å². The molecular formula is C26H21F3N2O4. The van der Waals surface area contributed by atoms with E-state index in [-0.39, 0.29) is 24.8 Å². The molecule has 2 heterocycles. The lowest BCUT2D eigenvalue weighted by molar-refractivity contribution is -0.137. The Kier molecular flexibility index (Phi) is 7.05. The monoisotopic (exact) mass is 482 g/mol. The number of aldehydes is 1. The lowest BCUT2D eigenvalue weighted by Gasteiger charge is -2.13. The maximum Gasteiger partial charge on any atom is 0.417 e. The predicted octanol–water partition coefficient (Wildman–Crippen LogP) is 6.07. The summed E-state index contributed by atoms with van der Waals surface area (Å²) in [5.41, 5.74) is 1.99. The molecule has 0 saturated carbocycles. The zero-order chi connectivity index (χ0) is 24.8. The van der Waals surface area contributed by atoms with E-state index in [9.17, 15) is 18.0 Å². The van der Waals surface area contributed by atoms with Gasteiger partial charge < -0.3 is 19.2 Å². The van der Waals surface area contributed by atoms with Crippen LogP contribution in [0.5, 0.6) is 17.4 Å². The fourth-order valence-electron chi connectivity index (χ4n) is 3.27. The van der Waals surface area contributed by atoms with Crippen LogP contribution in [0.1, 0.15) is 27.0 Å². The molecule has 9 heteroatoms. The second-order valence-corrected chi connectivity index (χ2v) is 7.60. The SMILES string of the molecule is COc1ccc(COc2cc(OCc3ccc(C=O)cc3)ncc2-c2cc(C(F)(F)F)c[nH]2)cc1. The van der Waals surface area contributed by atoms with Crippen LogP contribution in [0.4, 0.5) is 13.2 Å². The standard InChI is InChI=1S/C26H21F3N2O4/c1-33-21-8-6-19(7-9-21)15-34-24-11-25(35-16-18-4-2-17(14-32)3-5-18)31-13-22(24)23-10-20(12-30-23)26(27,28)29/h2-14,30H,15-16H2,1H3. The molecule has 4 rings (SSSR count). The van der Waals surface area contributed by atoms with E-state index in [0.717, 1.165) is 29.7 Å². The Morgan fingerprint density at radius 2 is 1.60 bits per heavy atom. The van der Waals surface area contributed by atoms with Gasteiger partial charge in [-0.3, -0.25) is 4.79 Å². The Balaban J connectivity index is 1.57. The van der Waals surface area contributed by atoms with Gasteiger partial charge in [-0.2, -0.15) is 13.2 Å². The Labute approximate surface area is 199 Å². The topological polar surface area (TPSA) is 73.4 Å². The number of pyridine rings is 1. The summed E-state index contributed by atoms with van der Waals surface area (Å²) in [5.74, 6) is 1.24. The number of rotatable bonds is 9. The summed E-state index contributed by atoms with van der Waals surface area (Å²) in [6.07, 6.45) is -1.42.